The van der Waals surface area contributed by atoms with Gasteiger partial charge in [-0.3, -0.25) is 0 Å². The number of ether oxygens (including phenoxy) is 2. The topological polar surface area (TPSA) is 68.7 Å². The number of carboxylic acid groups (broad SMARTS) is 1. The number of benzene rings is 4. The Morgan fingerprint density at radius 3 is 2.17 bits per heavy atom. The third kappa shape index (κ3) is 5.47. The molecule has 0 atom stereocenters. The van der Waals surface area contributed by atoms with Crippen LogP contribution in [-0.4, -0.2) is 16.1 Å². The monoisotopic (exact) mass is 461 g/mol. The van der Waals surface area contributed by atoms with Crippen LogP contribution in [0.4, 0.5) is 0 Å². The minimum Gasteiger partial charge on any atom is -0.489 e. The van der Waals surface area contributed by atoms with E-state index in [2.05, 4.69) is 11.1 Å². The molecule has 1 heterocycles. The fraction of sp³-hybridized carbons (Fsp3) is 0.0667. The van der Waals surface area contributed by atoms with E-state index in [1.165, 1.54) is 6.07 Å². The Morgan fingerprint density at radius 1 is 0.686 bits per heavy atom. The van der Waals surface area contributed by atoms with Crippen LogP contribution in [0, 0.1) is 0 Å². The van der Waals surface area contributed by atoms with Gasteiger partial charge in [-0.1, -0.05) is 66.7 Å². The zero-order chi connectivity index (χ0) is 24.0. The normalized spacial score (nSPS) is 10.7. The number of carboxylic acids is 1. The second-order valence-electron chi connectivity index (χ2n) is 8.13. The fourth-order valence-electron chi connectivity index (χ4n) is 3.77. The minimum absolute atomic E-state index is 0.207. The molecule has 172 valence electrons. The highest BCUT2D eigenvalue weighted by Gasteiger charge is 2.05. The molecule has 0 amide bonds. The average Bonchev–Trinajstić information content (AvgIpc) is 2.91. The van der Waals surface area contributed by atoms with Gasteiger partial charge in [0, 0.05) is 5.39 Å². The standard InChI is InChI=1S/C30H23NO4/c32-30(33)25-5-3-6-28(18-25)34-19-21-8-10-22(11-9-21)23-13-16-27(17-14-23)35-20-26-15-12-24-4-1-2-7-29(24)31-26/h1-18H,19-20H2,(H,32,33). The SMILES string of the molecule is O=C(O)c1cccc(OCc2ccc(-c3ccc(OCc4ccc5ccccc5n4)cc3)cc2)c1. The summed E-state index contributed by atoms with van der Waals surface area (Å²) in [5.41, 5.74) is 5.23. The molecule has 1 aromatic heterocycles. The van der Waals surface area contributed by atoms with Gasteiger partial charge in [0.2, 0.25) is 0 Å². The van der Waals surface area contributed by atoms with Gasteiger partial charge in [-0.15, -0.1) is 0 Å². The summed E-state index contributed by atoms with van der Waals surface area (Å²) in [6.45, 7) is 0.771. The van der Waals surface area contributed by atoms with E-state index in [1.807, 2.05) is 78.9 Å². The number of aromatic carboxylic acids is 1. The third-order valence-corrected chi connectivity index (χ3v) is 5.67. The first-order chi connectivity index (χ1) is 17.1. The van der Waals surface area contributed by atoms with Crippen molar-refractivity contribution in [3.05, 3.63) is 126 Å². The van der Waals surface area contributed by atoms with Gasteiger partial charge in [-0.2, -0.15) is 0 Å². The molecule has 0 unspecified atom stereocenters. The second-order valence-corrected chi connectivity index (χ2v) is 8.13. The van der Waals surface area contributed by atoms with Crippen LogP contribution in [0.2, 0.25) is 0 Å². The van der Waals surface area contributed by atoms with E-state index in [0.717, 1.165) is 39.0 Å². The van der Waals surface area contributed by atoms with Crippen LogP contribution in [0.3, 0.4) is 0 Å². The van der Waals surface area contributed by atoms with Crippen molar-refractivity contribution in [1.82, 2.24) is 4.98 Å². The highest BCUT2D eigenvalue weighted by molar-refractivity contribution is 5.88. The largest absolute Gasteiger partial charge is 0.489 e. The molecule has 4 aromatic carbocycles. The molecule has 0 spiro atoms. The highest BCUT2D eigenvalue weighted by atomic mass is 16.5. The number of aromatic nitrogens is 1. The van der Waals surface area contributed by atoms with E-state index in [0.29, 0.717) is 19.0 Å². The predicted octanol–water partition coefficient (Wildman–Crippen LogP) is 6.76. The van der Waals surface area contributed by atoms with Crippen molar-refractivity contribution in [2.24, 2.45) is 0 Å². The molecule has 0 aliphatic carbocycles. The lowest BCUT2D eigenvalue weighted by molar-refractivity contribution is 0.0696. The molecule has 0 saturated carbocycles. The van der Waals surface area contributed by atoms with E-state index in [9.17, 15) is 4.79 Å². The van der Waals surface area contributed by atoms with E-state index in [4.69, 9.17) is 14.6 Å². The number of fused-ring (bicyclic) bond motifs is 1. The molecule has 5 aromatic rings. The van der Waals surface area contributed by atoms with Crippen LogP contribution in [0.5, 0.6) is 11.5 Å². The molecular weight excluding hydrogens is 438 g/mol. The molecule has 5 nitrogen and oxygen atoms in total. The number of nitrogens with zero attached hydrogens (tertiary/aromatic N) is 1. The zero-order valence-corrected chi connectivity index (χ0v) is 18.9. The molecule has 5 rings (SSSR count). The van der Waals surface area contributed by atoms with Crippen LogP contribution in [-0.2, 0) is 13.2 Å². The van der Waals surface area contributed by atoms with E-state index in [-0.39, 0.29) is 5.56 Å². The van der Waals surface area contributed by atoms with Crippen molar-refractivity contribution >= 4 is 16.9 Å². The zero-order valence-electron chi connectivity index (χ0n) is 18.9. The molecule has 35 heavy (non-hydrogen) atoms. The summed E-state index contributed by atoms with van der Waals surface area (Å²) in [6.07, 6.45) is 0. The fourth-order valence-corrected chi connectivity index (χ4v) is 3.77. The van der Waals surface area contributed by atoms with Crippen molar-refractivity contribution in [3.8, 4) is 22.6 Å². The van der Waals surface area contributed by atoms with Crippen molar-refractivity contribution < 1.29 is 19.4 Å². The molecule has 0 fully saturated rings. The Bertz CT molecular complexity index is 1460. The van der Waals surface area contributed by atoms with Crippen LogP contribution < -0.4 is 9.47 Å². The molecule has 1 N–H and O–H groups in total. The molecule has 0 aliphatic heterocycles. The lowest BCUT2D eigenvalue weighted by Crippen LogP contribution is -1.99. The first-order valence-electron chi connectivity index (χ1n) is 11.3. The van der Waals surface area contributed by atoms with Gasteiger partial charge >= 0.3 is 5.97 Å². The van der Waals surface area contributed by atoms with Gasteiger partial charge in [0.15, 0.2) is 0 Å². The second kappa shape index (κ2) is 10.1. The van der Waals surface area contributed by atoms with Crippen LogP contribution in [0.1, 0.15) is 21.6 Å². The first kappa shape index (κ1) is 22.2. The Balaban J connectivity index is 1.18. The number of carbonyl (C=O) groups is 1. The van der Waals surface area contributed by atoms with Crippen molar-refractivity contribution in [3.63, 3.8) is 0 Å². The quantitative estimate of drug-likeness (QED) is 0.277. The number of para-hydroxylation sites is 1. The smallest absolute Gasteiger partial charge is 0.335 e. The van der Waals surface area contributed by atoms with Gasteiger partial charge in [0.25, 0.3) is 0 Å². The van der Waals surface area contributed by atoms with Gasteiger partial charge in [-0.05, 0) is 59.2 Å². The summed E-state index contributed by atoms with van der Waals surface area (Å²) in [6, 6.07) is 34.7. The van der Waals surface area contributed by atoms with Crippen molar-refractivity contribution in [1.29, 1.82) is 0 Å². The lowest BCUT2D eigenvalue weighted by atomic mass is 10.0. The minimum atomic E-state index is -0.971. The van der Waals surface area contributed by atoms with Gasteiger partial charge in [0.1, 0.15) is 24.7 Å². The van der Waals surface area contributed by atoms with Gasteiger partial charge in [-0.25, -0.2) is 9.78 Å². The van der Waals surface area contributed by atoms with Gasteiger partial charge < -0.3 is 14.6 Å². The van der Waals surface area contributed by atoms with E-state index < -0.39 is 5.97 Å². The van der Waals surface area contributed by atoms with Gasteiger partial charge in [0.05, 0.1) is 16.8 Å². The van der Waals surface area contributed by atoms with Crippen molar-refractivity contribution in [2.75, 3.05) is 0 Å². The van der Waals surface area contributed by atoms with E-state index >= 15 is 0 Å². The summed E-state index contributed by atoms with van der Waals surface area (Å²) < 4.78 is 11.7. The maximum Gasteiger partial charge on any atom is 0.335 e. The molecule has 5 heteroatoms. The Morgan fingerprint density at radius 2 is 1.40 bits per heavy atom. The number of rotatable bonds is 8. The molecular formula is C30H23NO4. The Hall–Kier alpha value is -4.64. The molecule has 0 aliphatic rings. The predicted molar refractivity (Wildman–Crippen MR) is 136 cm³/mol. The number of pyridine rings is 1. The summed E-state index contributed by atoms with van der Waals surface area (Å²) in [5, 5.41) is 10.2. The first-order valence-corrected chi connectivity index (χ1v) is 11.3. The van der Waals surface area contributed by atoms with Crippen LogP contribution in [0.25, 0.3) is 22.0 Å². The summed E-state index contributed by atoms with van der Waals surface area (Å²) >= 11 is 0. The van der Waals surface area contributed by atoms with Crippen molar-refractivity contribution in [2.45, 2.75) is 13.2 Å². The lowest BCUT2D eigenvalue weighted by Gasteiger charge is -2.09. The Labute approximate surface area is 203 Å². The molecule has 0 bridgehead atoms. The molecule has 0 radical (unpaired) electrons. The number of hydrogen-bond acceptors (Lipinski definition) is 4. The van der Waals surface area contributed by atoms with E-state index in [1.54, 1.807) is 18.2 Å². The molecule has 0 saturated heterocycles. The average molecular weight is 462 g/mol. The summed E-state index contributed by atoms with van der Waals surface area (Å²) in [4.78, 5) is 15.7. The maximum atomic E-state index is 11.1. The summed E-state index contributed by atoms with van der Waals surface area (Å²) in [7, 11) is 0. The summed E-state index contributed by atoms with van der Waals surface area (Å²) in [5.74, 6) is 0.349. The van der Waals surface area contributed by atoms with Crippen LogP contribution >= 0.6 is 0 Å². The third-order valence-electron chi connectivity index (χ3n) is 5.67. The maximum absolute atomic E-state index is 11.1. The van der Waals surface area contributed by atoms with Crippen LogP contribution in [0.15, 0.2) is 109 Å². The number of hydrogen-bond donors (Lipinski definition) is 1. The Kier molecular flexibility index (Phi) is 6.39. The highest BCUT2D eigenvalue weighted by Crippen LogP contribution is 2.24.